The Labute approximate surface area is 181 Å². The minimum absolute atomic E-state index is 0.420. The van der Waals surface area contributed by atoms with E-state index in [0.29, 0.717) is 27.8 Å². The second-order valence-corrected chi connectivity index (χ2v) is 8.23. The van der Waals surface area contributed by atoms with Crippen molar-refractivity contribution in [2.24, 2.45) is 5.73 Å². The summed E-state index contributed by atoms with van der Waals surface area (Å²) in [4.78, 5) is 13.5. The van der Waals surface area contributed by atoms with Crippen LogP contribution in [0.1, 0.15) is 30.1 Å². The van der Waals surface area contributed by atoms with Crippen molar-refractivity contribution in [2.45, 2.75) is 31.8 Å². The number of primary amides is 1. The van der Waals surface area contributed by atoms with E-state index in [1.165, 1.54) is 0 Å². The Morgan fingerprint density at radius 3 is 2.45 bits per heavy atom. The molecule has 5 N–H and O–H groups in total. The largest absolute Gasteiger partial charge is 0.381 e. The predicted molar refractivity (Wildman–Crippen MR) is 125 cm³/mol. The number of hydrogen-bond acceptors (Lipinski definition) is 4. The van der Waals surface area contributed by atoms with E-state index in [9.17, 15) is 4.79 Å². The molecule has 3 rings (SSSR count). The Balaban J connectivity index is 1.56. The molecule has 0 saturated carbocycles. The molecule has 0 radical (unpaired) electrons. The molecule has 2 unspecified atom stereocenters. The van der Waals surface area contributed by atoms with Gasteiger partial charge in [0.25, 0.3) is 0 Å². The number of carbonyl (C=O) groups is 1. The Kier molecular flexibility index (Phi) is 6.95. The van der Waals surface area contributed by atoms with Crippen LogP contribution in [0.15, 0.2) is 42.5 Å². The van der Waals surface area contributed by atoms with Crippen LogP contribution in [0.2, 0.25) is 5.02 Å². The topological polar surface area (TPSA) is 82.4 Å². The van der Waals surface area contributed by atoms with Crippen molar-refractivity contribution >= 4 is 51.9 Å². The van der Waals surface area contributed by atoms with E-state index in [1.54, 1.807) is 24.3 Å². The van der Waals surface area contributed by atoms with Gasteiger partial charge in [0, 0.05) is 35.6 Å². The number of anilines is 3. The highest BCUT2D eigenvalue weighted by Gasteiger charge is 2.23. The monoisotopic (exact) mass is 431 g/mol. The molecule has 1 aliphatic rings. The second-order valence-electron chi connectivity index (χ2n) is 7.41. The average molecular weight is 432 g/mol. The van der Waals surface area contributed by atoms with Crippen molar-refractivity contribution < 1.29 is 4.79 Å². The van der Waals surface area contributed by atoms with Crippen molar-refractivity contribution in [3.05, 3.63) is 53.1 Å². The summed E-state index contributed by atoms with van der Waals surface area (Å²) in [5.74, 6) is -0.463. The molecule has 1 fully saturated rings. The van der Waals surface area contributed by atoms with Crippen LogP contribution in [0.5, 0.6) is 0 Å². The molecule has 1 amide bonds. The third-order valence-corrected chi connectivity index (χ3v) is 5.74. The van der Waals surface area contributed by atoms with Crippen LogP contribution in [0.25, 0.3) is 0 Å². The van der Waals surface area contributed by atoms with Gasteiger partial charge in [0.05, 0.1) is 10.7 Å². The lowest BCUT2D eigenvalue weighted by Crippen LogP contribution is -2.42. The first kappa shape index (κ1) is 21.4. The lowest BCUT2D eigenvalue weighted by atomic mass is 9.98. The highest BCUT2D eigenvalue weighted by molar-refractivity contribution is 7.80. The SMILES string of the molecule is CC1CC(Nc2ccc(NC(=S)Nc3ccc(C(N)=O)cc3)cc2Cl)CCN1C. The Morgan fingerprint density at radius 1 is 1.17 bits per heavy atom. The first-order valence-corrected chi connectivity index (χ1v) is 10.3. The minimum Gasteiger partial charge on any atom is -0.381 e. The lowest BCUT2D eigenvalue weighted by Gasteiger charge is -2.36. The molecule has 2 aromatic rings. The molecule has 6 nitrogen and oxygen atoms in total. The maximum atomic E-state index is 11.1. The molecule has 0 spiro atoms. The Morgan fingerprint density at radius 2 is 1.83 bits per heavy atom. The standard InChI is InChI=1S/C21H26ClN5OS/c1-13-11-17(9-10-27(13)2)24-19-8-7-16(12-18(19)22)26-21(29)25-15-5-3-14(4-6-15)20(23)28/h3-8,12-13,17,24H,9-11H2,1-2H3,(H2,23,28)(H2,25,26,29). The maximum Gasteiger partial charge on any atom is 0.248 e. The summed E-state index contributed by atoms with van der Waals surface area (Å²) in [6, 6.07) is 13.5. The number of amides is 1. The van der Waals surface area contributed by atoms with E-state index in [4.69, 9.17) is 29.6 Å². The summed E-state index contributed by atoms with van der Waals surface area (Å²) in [5, 5.41) is 10.8. The molecule has 0 aromatic heterocycles. The van der Waals surface area contributed by atoms with Gasteiger partial charge in [-0.3, -0.25) is 4.79 Å². The predicted octanol–water partition coefficient (Wildman–Crippen LogP) is 4.14. The maximum absolute atomic E-state index is 11.1. The molecule has 29 heavy (non-hydrogen) atoms. The number of piperidine rings is 1. The van der Waals surface area contributed by atoms with E-state index in [1.807, 2.05) is 18.2 Å². The fourth-order valence-electron chi connectivity index (χ4n) is 3.36. The fraction of sp³-hybridized carbons (Fsp3) is 0.333. The van der Waals surface area contributed by atoms with Gasteiger partial charge in [0.1, 0.15) is 0 Å². The number of halogens is 1. The molecule has 2 atom stereocenters. The number of nitrogens with zero attached hydrogens (tertiary/aromatic N) is 1. The molecular formula is C21H26ClN5OS. The number of carbonyl (C=O) groups excluding carboxylic acids is 1. The second kappa shape index (κ2) is 9.43. The van der Waals surface area contributed by atoms with Crippen molar-refractivity contribution in [1.82, 2.24) is 4.90 Å². The summed E-state index contributed by atoms with van der Waals surface area (Å²) < 4.78 is 0. The van der Waals surface area contributed by atoms with E-state index < -0.39 is 5.91 Å². The highest BCUT2D eigenvalue weighted by atomic mass is 35.5. The number of rotatable bonds is 5. The van der Waals surface area contributed by atoms with Crippen molar-refractivity contribution in [3.8, 4) is 0 Å². The van der Waals surface area contributed by atoms with E-state index in [0.717, 1.165) is 36.4 Å². The molecule has 2 aromatic carbocycles. The smallest absolute Gasteiger partial charge is 0.248 e. The minimum atomic E-state index is -0.463. The number of hydrogen-bond donors (Lipinski definition) is 4. The molecule has 154 valence electrons. The summed E-state index contributed by atoms with van der Waals surface area (Å²) in [6.07, 6.45) is 2.19. The molecule has 8 heteroatoms. The van der Waals surface area contributed by atoms with Gasteiger partial charge in [-0.2, -0.15) is 0 Å². The summed E-state index contributed by atoms with van der Waals surface area (Å²) >= 11 is 11.8. The normalized spacial score (nSPS) is 19.4. The molecule has 0 aliphatic carbocycles. The molecule has 1 saturated heterocycles. The van der Waals surface area contributed by atoms with Crippen LogP contribution in [-0.2, 0) is 0 Å². The average Bonchev–Trinajstić information content (AvgIpc) is 2.67. The third-order valence-electron chi connectivity index (χ3n) is 5.22. The Hall–Kier alpha value is -2.35. The van der Waals surface area contributed by atoms with E-state index in [-0.39, 0.29) is 0 Å². The van der Waals surface area contributed by atoms with Gasteiger partial charge in [0.2, 0.25) is 5.91 Å². The number of thiocarbonyl (C=S) groups is 1. The summed E-state index contributed by atoms with van der Waals surface area (Å²) in [7, 11) is 2.16. The van der Waals surface area contributed by atoms with Crippen LogP contribution in [0.3, 0.4) is 0 Å². The number of nitrogens with two attached hydrogens (primary N) is 1. The first-order chi connectivity index (χ1) is 13.8. The van der Waals surface area contributed by atoms with Gasteiger partial charge in [-0.15, -0.1) is 0 Å². The van der Waals surface area contributed by atoms with Gasteiger partial charge < -0.3 is 26.6 Å². The quantitative estimate of drug-likeness (QED) is 0.532. The van der Waals surface area contributed by atoms with Crippen LogP contribution >= 0.6 is 23.8 Å². The summed E-state index contributed by atoms with van der Waals surface area (Å²) in [5.41, 5.74) is 8.18. The zero-order valence-corrected chi connectivity index (χ0v) is 18.1. The van der Waals surface area contributed by atoms with E-state index >= 15 is 0 Å². The van der Waals surface area contributed by atoms with Crippen molar-refractivity contribution in [3.63, 3.8) is 0 Å². The zero-order chi connectivity index (χ0) is 21.0. The van der Waals surface area contributed by atoms with Crippen molar-refractivity contribution in [1.29, 1.82) is 0 Å². The fourth-order valence-corrected chi connectivity index (χ4v) is 3.83. The highest BCUT2D eigenvalue weighted by Crippen LogP contribution is 2.28. The van der Waals surface area contributed by atoms with Crippen LogP contribution in [-0.4, -0.2) is 41.6 Å². The molecule has 0 bridgehead atoms. The number of benzene rings is 2. The zero-order valence-electron chi connectivity index (χ0n) is 16.5. The van der Waals surface area contributed by atoms with Crippen molar-refractivity contribution in [2.75, 3.05) is 29.5 Å². The van der Waals surface area contributed by atoms with Gasteiger partial charge in [-0.1, -0.05) is 11.6 Å². The third kappa shape index (κ3) is 5.82. The lowest BCUT2D eigenvalue weighted by molar-refractivity contribution is 0.100. The molecule has 1 heterocycles. The van der Waals surface area contributed by atoms with Gasteiger partial charge in [-0.25, -0.2) is 0 Å². The van der Waals surface area contributed by atoms with Crippen LogP contribution in [0, 0.1) is 0 Å². The molecule has 1 aliphatic heterocycles. The number of likely N-dealkylation sites (tertiary alicyclic amines) is 1. The van der Waals surface area contributed by atoms with Gasteiger partial charge in [-0.05, 0) is 81.5 Å². The molecular weight excluding hydrogens is 406 g/mol. The van der Waals surface area contributed by atoms with E-state index in [2.05, 4.69) is 34.8 Å². The van der Waals surface area contributed by atoms with Crippen LogP contribution in [0.4, 0.5) is 17.1 Å². The first-order valence-electron chi connectivity index (χ1n) is 9.56. The summed E-state index contributed by atoms with van der Waals surface area (Å²) in [6.45, 7) is 3.33. The number of nitrogens with one attached hydrogen (secondary N) is 3. The van der Waals surface area contributed by atoms with Gasteiger partial charge >= 0.3 is 0 Å². The Bertz CT molecular complexity index is 889. The van der Waals surface area contributed by atoms with Gasteiger partial charge in [0.15, 0.2) is 5.11 Å². The van der Waals surface area contributed by atoms with Crippen LogP contribution < -0.4 is 21.7 Å².